The zero-order valence-corrected chi connectivity index (χ0v) is 5.54. The topological polar surface area (TPSA) is 87.4 Å². The van der Waals surface area contributed by atoms with E-state index in [4.69, 9.17) is 5.11 Å². The Morgan fingerprint density at radius 2 is 2.00 bits per heavy atom. The minimum Gasteiger partial charge on any atom is -0.381 e. The average molecular weight is 149 g/mol. The summed E-state index contributed by atoms with van der Waals surface area (Å²) >= 11 is 0. The molecule has 0 aromatic rings. The summed E-state index contributed by atoms with van der Waals surface area (Å²) in [6.07, 6.45) is 0. The Morgan fingerprint density at radius 3 is 2.50 bits per heavy atom. The van der Waals surface area contributed by atoms with Gasteiger partial charge in [-0.1, -0.05) is 0 Å². The van der Waals surface area contributed by atoms with Crippen LogP contribution in [0.2, 0.25) is 0 Å². The van der Waals surface area contributed by atoms with Gasteiger partial charge in [-0.05, 0) is 0 Å². The molecule has 0 amide bonds. The highest BCUT2D eigenvalue weighted by Gasteiger charge is 1.91. The molecule has 0 aliphatic carbocycles. The Bertz CT molecular complexity index is 97.7. The number of hydrogen-bond acceptors (Lipinski definition) is 5. The van der Waals surface area contributed by atoms with Gasteiger partial charge in [0.2, 0.25) is 0 Å². The molecule has 0 bridgehead atoms. The average Bonchev–Trinajstić information content (AvgIpc) is 1.87. The van der Waals surface area contributed by atoms with Crippen molar-refractivity contribution < 1.29 is 10.0 Å². The van der Waals surface area contributed by atoms with Crippen molar-refractivity contribution in [1.82, 2.24) is 10.6 Å². The number of aliphatic hydroxyl groups is 1. The van der Waals surface area contributed by atoms with E-state index in [1.54, 1.807) is 0 Å². The third kappa shape index (κ3) is 7.28. The molecule has 0 atom stereocenters. The smallest absolute Gasteiger partial charge is 0.256 e. The first-order valence-electron chi connectivity index (χ1n) is 2.91. The van der Waals surface area contributed by atoms with Crippen molar-refractivity contribution >= 4 is 0 Å². The van der Waals surface area contributed by atoms with E-state index >= 15 is 0 Å². The van der Waals surface area contributed by atoms with Gasteiger partial charge in [0, 0.05) is 18.0 Å². The molecule has 0 aliphatic heterocycles. The normalized spacial score (nSPS) is 9.70. The third-order valence-electron chi connectivity index (χ3n) is 0.831. The molecule has 10 heavy (non-hydrogen) atoms. The van der Waals surface area contributed by atoms with E-state index in [0.717, 1.165) is 0 Å². The number of nitrogens with zero attached hydrogens (tertiary/aromatic N) is 1. The summed E-state index contributed by atoms with van der Waals surface area (Å²) in [5.74, 6) is 0. The van der Waals surface area contributed by atoms with E-state index in [1.807, 2.05) is 0 Å². The highest BCUT2D eigenvalue weighted by Crippen LogP contribution is 1.61. The van der Waals surface area contributed by atoms with E-state index in [9.17, 15) is 10.1 Å². The lowest BCUT2D eigenvalue weighted by Gasteiger charge is -1.98. The lowest BCUT2D eigenvalue weighted by Crippen LogP contribution is -2.30. The summed E-state index contributed by atoms with van der Waals surface area (Å²) in [5.41, 5.74) is 0. The summed E-state index contributed by atoms with van der Waals surface area (Å²) in [4.78, 5) is 9.26. The van der Waals surface area contributed by atoms with Gasteiger partial charge in [-0.3, -0.25) is 20.7 Å². The summed E-state index contributed by atoms with van der Waals surface area (Å²) in [7, 11) is 0. The predicted molar refractivity (Wildman–Crippen MR) is 35.0 cm³/mol. The van der Waals surface area contributed by atoms with Gasteiger partial charge in [-0.2, -0.15) is 0 Å². The molecule has 0 saturated carbocycles. The monoisotopic (exact) mass is 149 g/mol. The Morgan fingerprint density at radius 1 is 1.40 bits per heavy atom. The fourth-order valence-corrected chi connectivity index (χ4v) is 0.426. The molecule has 0 aliphatic rings. The molecule has 6 heteroatoms. The van der Waals surface area contributed by atoms with Gasteiger partial charge >= 0.3 is 0 Å². The van der Waals surface area contributed by atoms with Crippen LogP contribution in [-0.4, -0.2) is 36.5 Å². The van der Waals surface area contributed by atoms with Gasteiger partial charge in [0.05, 0.1) is 6.73 Å². The first-order chi connectivity index (χ1) is 4.77. The second-order valence-electron chi connectivity index (χ2n) is 1.65. The van der Waals surface area contributed by atoms with Gasteiger partial charge in [0.15, 0.2) is 0 Å². The summed E-state index contributed by atoms with van der Waals surface area (Å²) in [5, 5.41) is 23.0. The molecule has 0 unspecified atom stereocenters. The van der Waals surface area contributed by atoms with E-state index in [-0.39, 0.29) is 13.4 Å². The lowest BCUT2D eigenvalue weighted by atomic mass is 10.6. The van der Waals surface area contributed by atoms with Crippen LogP contribution in [-0.2, 0) is 0 Å². The zero-order chi connectivity index (χ0) is 7.82. The molecule has 60 valence electrons. The molecule has 0 aromatic heterocycles. The standard InChI is InChI=1S/C4H11N3O3/c8-4-6-2-1-5-3-7(9)10/h5-6,8H,1-4H2. The Kier molecular flexibility index (Phi) is 5.94. The molecular formula is C4H11N3O3. The van der Waals surface area contributed by atoms with Gasteiger partial charge in [-0.15, -0.1) is 0 Å². The molecule has 0 heterocycles. The fourth-order valence-electron chi connectivity index (χ4n) is 0.426. The summed E-state index contributed by atoms with van der Waals surface area (Å²) < 4.78 is 0. The third-order valence-corrected chi connectivity index (χ3v) is 0.831. The quantitative estimate of drug-likeness (QED) is 0.182. The second-order valence-corrected chi connectivity index (χ2v) is 1.65. The van der Waals surface area contributed by atoms with Gasteiger partial charge in [0.1, 0.15) is 0 Å². The Labute approximate surface area is 58.4 Å². The van der Waals surface area contributed by atoms with E-state index in [2.05, 4.69) is 10.6 Å². The maximum atomic E-state index is 9.71. The van der Waals surface area contributed by atoms with Crippen molar-refractivity contribution in [2.45, 2.75) is 0 Å². The number of nitro groups is 1. The SMILES string of the molecule is O=[N+]([O-])CNCCNCO. The molecule has 3 N–H and O–H groups in total. The molecule has 0 aromatic carbocycles. The highest BCUT2D eigenvalue weighted by molar-refractivity contribution is 4.42. The van der Waals surface area contributed by atoms with Gasteiger partial charge in [0.25, 0.3) is 6.67 Å². The first kappa shape index (κ1) is 9.28. The van der Waals surface area contributed by atoms with Crippen LogP contribution in [0.15, 0.2) is 0 Å². The highest BCUT2D eigenvalue weighted by atomic mass is 16.6. The molecule has 0 spiro atoms. The van der Waals surface area contributed by atoms with Crippen LogP contribution in [0.5, 0.6) is 0 Å². The van der Waals surface area contributed by atoms with E-state index in [1.165, 1.54) is 0 Å². The van der Waals surface area contributed by atoms with Crippen LogP contribution in [0, 0.1) is 10.1 Å². The van der Waals surface area contributed by atoms with Crippen molar-refractivity contribution in [3.05, 3.63) is 10.1 Å². The number of hydrogen-bond donors (Lipinski definition) is 3. The Hall–Kier alpha value is -0.720. The van der Waals surface area contributed by atoms with Crippen molar-refractivity contribution in [1.29, 1.82) is 0 Å². The van der Waals surface area contributed by atoms with Crippen molar-refractivity contribution in [2.24, 2.45) is 0 Å². The van der Waals surface area contributed by atoms with Crippen LogP contribution in [0.25, 0.3) is 0 Å². The number of rotatable bonds is 6. The molecule has 0 rings (SSSR count). The summed E-state index contributed by atoms with van der Waals surface area (Å²) in [6.45, 7) is 0.694. The molecule has 0 saturated heterocycles. The number of nitrogens with one attached hydrogen (secondary N) is 2. The van der Waals surface area contributed by atoms with Crippen molar-refractivity contribution in [3.63, 3.8) is 0 Å². The minimum atomic E-state index is -0.445. The van der Waals surface area contributed by atoms with Gasteiger partial charge < -0.3 is 5.11 Å². The van der Waals surface area contributed by atoms with Crippen LogP contribution in [0.3, 0.4) is 0 Å². The molecule has 0 radical (unpaired) electrons. The molecular weight excluding hydrogens is 138 g/mol. The first-order valence-corrected chi connectivity index (χ1v) is 2.91. The van der Waals surface area contributed by atoms with E-state index in [0.29, 0.717) is 13.1 Å². The lowest BCUT2D eigenvalue weighted by molar-refractivity contribution is -0.485. The van der Waals surface area contributed by atoms with Crippen LogP contribution < -0.4 is 10.6 Å². The largest absolute Gasteiger partial charge is 0.381 e. The Balaban J connectivity index is 2.84. The van der Waals surface area contributed by atoms with Crippen molar-refractivity contribution in [2.75, 3.05) is 26.5 Å². The maximum Gasteiger partial charge on any atom is 0.256 e. The van der Waals surface area contributed by atoms with Crippen LogP contribution in [0.1, 0.15) is 0 Å². The van der Waals surface area contributed by atoms with Crippen LogP contribution in [0.4, 0.5) is 0 Å². The van der Waals surface area contributed by atoms with Crippen LogP contribution >= 0.6 is 0 Å². The van der Waals surface area contributed by atoms with E-state index < -0.39 is 4.92 Å². The summed E-state index contributed by atoms with van der Waals surface area (Å²) in [6, 6.07) is 0. The number of aliphatic hydroxyl groups excluding tert-OH is 1. The minimum absolute atomic E-state index is 0.0971. The molecule has 6 nitrogen and oxygen atoms in total. The van der Waals surface area contributed by atoms with Crippen molar-refractivity contribution in [3.8, 4) is 0 Å². The fraction of sp³-hybridized carbons (Fsp3) is 1.00. The maximum absolute atomic E-state index is 9.71. The predicted octanol–water partition coefficient (Wildman–Crippen LogP) is -1.65. The second kappa shape index (κ2) is 6.40. The van der Waals surface area contributed by atoms with Gasteiger partial charge in [-0.25, -0.2) is 0 Å². The zero-order valence-electron chi connectivity index (χ0n) is 5.54. The molecule has 0 fully saturated rings.